The minimum Gasteiger partial charge on any atom is -0.384 e. The van der Waals surface area contributed by atoms with Crippen LogP contribution in [0, 0.1) is 0 Å². The molecule has 9 heteroatoms. The predicted molar refractivity (Wildman–Crippen MR) is 126 cm³/mol. The molecule has 1 N–H and O–H groups in total. The fourth-order valence-corrected chi connectivity index (χ4v) is 4.97. The first kappa shape index (κ1) is 24.7. The van der Waals surface area contributed by atoms with Crippen molar-refractivity contribution in [3.05, 3.63) is 47.1 Å². The second kappa shape index (κ2) is 9.91. The fraction of sp³-hybridized carbons (Fsp3) is 0.478. The first-order valence-electron chi connectivity index (χ1n) is 10.6. The maximum atomic E-state index is 13.5. The Morgan fingerprint density at radius 1 is 1.25 bits per heavy atom. The normalized spacial score (nSPS) is 17.0. The summed E-state index contributed by atoms with van der Waals surface area (Å²) < 4.78 is 40.5. The number of thioether (sulfide) groups is 1. The number of nitrogens with zero attached hydrogens (tertiary/aromatic N) is 2. The van der Waals surface area contributed by atoms with E-state index in [9.17, 15) is 18.0 Å². The lowest BCUT2D eigenvalue weighted by molar-refractivity contribution is -0.136. The molecule has 0 saturated heterocycles. The van der Waals surface area contributed by atoms with Gasteiger partial charge in [0.25, 0.3) is 5.91 Å². The summed E-state index contributed by atoms with van der Waals surface area (Å²) in [6.45, 7) is 6.31. The van der Waals surface area contributed by atoms with Gasteiger partial charge in [0.1, 0.15) is 5.25 Å². The molecule has 4 nitrogen and oxygen atoms in total. The first-order chi connectivity index (χ1) is 15.0. The summed E-state index contributed by atoms with van der Waals surface area (Å²) >= 11 is 6.78. The zero-order valence-corrected chi connectivity index (χ0v) is 19.9. The number of rotatable bonds is 9. The van der Waals surface area contributed by atoms with Gasteiger partial charge in [0.15, 0.2) is 0 Å². The standard InChI is InChI=1S/C23H27ClF3N3OS/c1-4-32-20(23(25,26)27)17-14-22(2,3)30(21(17)31)12-6-5-10-28-18-9-11-29-19-13-15(24)7-8-16(18)19/h7-9,11,13-14,20H,4-6,10,12H2,1-3H3,(H,28,29). The van der Waals surface area contributed by atoms with E-state index in [-0.39, 0.29) is 11.3 Å². The lowest BCUT2D eigenvalue weighted by Gasteiger charge is -2.31. The molecule has 0 fully saturated rings. The van der Waals surface area contributed by atoms with Crippen LogP contribution in [0.3, 0.4) is 0 Å². The predicted octanol–water partition coefficient (Wildman–Crippen LogP) is 6.31. The van der Waals surface area contributed by atoms with Crippen LogP contribution in [0.25, 0.3) is 10.9 Å². The van der Waals surface area contributed by atoms with Crippen molar-refractivity contribution in [1.82, 2.24) is 9.88 Å². The number of halogens is 4. The number of anilines is 1. The van der Waals surface area contributed by atoms with Crippen LogP contribution in [0.2, 0.25) is 5.02 Å². The molecule has 174 valence electrons. The van der Waals surface area contributed by atoms with Crippen LogP contribution < -0.4 is 5.32 Å². The van der Waals surface area contributed by atoms with Crippen molar-refractivity contribution in [2.24, 2.45) is 0 Å². The van der Waals surface area contributed by atoms with Gasteiger partial charge in [-0.1, -0.05) is 18.5 Å². The fourth-order valence-electron chi connectivity index (χ4n) is 3.94. The smallest absolute Gasteiger partial charge is 0.384 e. The minimum absolute atomic E-state index is 0.144. The average Bonchev–Trinajstić information content (AvgIpc) is 2.93. The quantitative estimate of drug-likeness (QED) is 0.423. The summed E-state index contributed by atoms with van der Waals surface area (Å²) in [7, 11) is 0. The van der Waals surface area contributed by atoms with E-state index in [4.69, 9.17) is 11.6 Å². The van der Waals surface area contributed by atoms with E-state index in [1.54, 1.807) is 37.9 Å². The topological polar surface area (TPSA) is 45.2 Å². The Morgan fingerprint density at radius 3 is 2.69 bits per heavy atom. The SMILES string of the molecule is CCSC(C1=CC(C)(C)N(CCCCNc2ccnc3cc(Cl)ccc23)C1=O)C(F)(F)F. The van der Waals surface area contributed by atoms with Crippen molar-refractivity contribution in [2.45, 2.75) is 50.6 Å². The van der Waals surface area contributed by atoms with Crippen LogP contribution in [0.5, 0.6) is 0 Å². The van der Waals surface area contributed by atoms with Crippen molar-refractivity contribution in [2.75, 3.05) is 24.2 Å². The third-order valence-corrected chi connectivity index (χ3v) is 6.86. The van der Waals surface area contributed by atoms with E-state index in [0.717, 1.165) is 34.8 Å². The molecule has 1 aliphatic heterocycles. The maximum absolute atomic E-state index is 13.5. The van der Waals surface area contributed by atoms with E-state index in [1.165, 1.54) is 6.08 Å². The summed E-state index contributed by atoms with van der Waals surface area (Å²) in [6.07, 6.45) is 0.193. The molecule has 0 radical (unpaired) electrons. The van der Waals surface area contributed by atoms with E-state index >= 15 is 0 Å². The number of carbonyl (C=O) groups excluding carboxylic acids is 1. The molecule has 0 spiro atoms. The van der Waals surface area contributed by atoms with Gasteiger partial charge in [0.05, 0.1) is 11.1 Å². The highest BCUT2D eigenvalue weighted by Crippen LogP contribution is 2.41. The van der Waals surface area contributed by atoms with Crippen molar-refractivity contribution in [3.63, 3.8) is 0 Å². The zero-order chi connectivity index (χ0) is 23.5. The van der Waals surface area contributed by atoms with Crippen molar-refractivity contribution in [1.29, 1.82) is 0 Å². The molecule has 2 heterocycles. The first-order valence-corrected chi connectivity index (χ1v) is 12.0. The van der Waals surface area contributed by atoms with Crippen LogP contribution in [0.4, 0.5) is 18.9 Å². The van der Waals surface area contributed by atoms with Crippen molar-refractivity contribution < 1.29 is 18.0 Å². The van der Waals surface area contributed by atoms with Crippen LogP contribution in [-0.2, 0) is 4.79 Å². The monoisotopic (exact) mass is 485 g/mol. The zero-order valence-electron chi connectivity index (χ0n) is 18.3. The number of hydrogen-bond donors (Lipinski definition) is 1. The third kappa shape index (κ3) is 5.52. The number of aromatic nitrogens is 1. The number of carbonyl (C=O) groups is 1. The Morgan fingerprint density at radius 2 is 2.00 bits per heavy atom. The Hall–Kier alpha value is -1.93. The molecule has 1 atom stereocenters. The van der Waals surface area contributed by atoms with Gasteiger partial charge in [-0.3, -0.25) is 9.78 Å². The second-order valence-electron chi connectivity index (χ2n) is 8.24. The minimum atomic E-state index is -4.45. The second-order valence-corrected chi connectivity index (χ2v) is 10.1. The lowest BCUT2D eigenvalue weighted by atomic mass is 10.0. The number of benzene rings is 1. The average molecular weight is 486 g/mol. The van der Waals surface area contributed by atoms with E-state index < -0.39 is 22.9 Å². The maximum Gasteiger partial charge on any atom is 0.404 e. The number of amides is 1. The number of hydrogen-bond acceptors (Lipinski definition) is 4. The molecule has 1 aromatic carbocycles. The van der Waals surface area contributed by atoms with Crippen LogP contribution in [-0.4, -0.2) is 51.6 Å². The molecular weight excluding hydrogens is 459 g/mol. The van der Waals surface area contributed by atoms with Crippen molar-refractivity contribution in [3.8, 4) is 0 Å². The highest BCUT2D eigenvalue weighted by atomic mass is 35.5. The summed E-state index contributed by atoms with van der Waals surface area (Å²) in [4.78, 5) is 18.7. The third-order valence-electron chi connectivity index (χ3n) is 5.44. The summed E-state index contributed by atoms with van der Waals surface area (Å²) in [5.74, 6) is -0.222. The van der Waals surface area contributed by atoms with E-state index in [2.05, 4.69) is 10.3 Å². The van der Waals surface area contributed by atoms with Gasteiger partial charge in [0, 0.05) is 41.0 Å². The van der Waals surface area contributed by atoms with Gasteiger partial charge in [-0.2, -0.15) is 13.2 Å². The van der Waals surface area contributed by atoms with E-state index in [1.807, 2.05) is 18.2 Å². The molecule has 1 amide bonds. The lowest BCUT2D eigenvalue weighted by Crippen LogP contribution is -2.43. The molecule has 1 aromatic heterocycles. The number of fused-ring (bicyclic) bond motifs is 1. The highest BCUT2D eigenvalue weighted by molar-refractivity contribution is 8.00. The van der Waals surface area contributed by atoms with Gasteiger partial charge in [0.2, 0.25) is 0 Å². The molecule has 1 aliphatic rings. The molecule has 0 bridgehead atoms. The summed E-state index contributed by atoms with van der Waals surface area (Å²) in [5.41, 5.74) is 0.861. The summed E-state index contributed by atoms with van der Waals surface area (Å²) in [6, 6.07) is 7.42. The Labute approximate surface area is 195 Å². The van der Waals surface area contributed by atoms with Crippen molar-refractivity contribution >= 4 is 45.9 Å². The summed E-state index contributed by atoms with van der Waals surface area (Å²) in [5, 5.41) is 3.19. The number of pyridine rings is 1. The Kier molecular flexibility index (Phi) is 7.65. The van der Waals surface area contributed by atoms with Gasteiger partial charge < -0.3 is 10.2 Å². The molecule has 0 aliphatic carbocycles. The molecule has 1 unspecified atom stereocenters. The molecule has 0 saturated carbocycles. The van der Waals surface area contributed by atoms with Gasteiger partial charge in [-0.25, -0.2) is 0 Å². The number of unbranched alkanes of at least 4 members (excludes halogenated alkanes) is 1. The van der Waals surface area contributed by atoms with Crippen LogP contribution in [0.1, 0.15) is 33.6 Å². The highest BCUT2D eigenvalue weighted by Gasteiger charge is 2.49. The number of nitrogens with one attached hydrogen (secondary N) is 1. The van der Waals surface area contributed by atoms with Crippen LogP contribution in [0.15, 0.2) is 42.1 Å². The molecule has 32 heavy (non-hydrogen) atoms. The Bertz CT molecular complexity index is 1010. The van der Waals surface area contributed by atoms with E-state index in [0.29, 0.717) is 24.5 Å². The molecule has 2 aromatic rings. The Balaban J connectivity index is 1.57. The van der Waals surface area contributed by atoms with Crippen LogP contribution >= 0.6 is 23.4 Å². The number of alkyl halides is 3. The molecular formula is C23H27ClF3N3OS. The van der Waals surface area contributed by atoms with Gasteiger partial charge in [-0.05, 0) is 62.8 Å². The van der Waals surface area contributed by atoms with Gasteiger partial charge in [-0.15, -0.1) is 11.8 Å². The van der Waals surface area contributed by atoms with Gasteiger partial charge >= 0.3 is 6.18 Å². The molecule has 3 rings (SSSR count). The largest absolute Gasteiger partial charge is 0.404 e.